The number of aromatic nitrogens is 2. The van der Waals surface area contributed by atoms with E-state index in [1.807, 2.05) is 12.4 Å². The molecule has 5 nitrogen and oxygen atoms in total. The molecule has 29 heavy (non-hydrogen) atoms. The van der Waals surface area contributed by atoms with Crippen LogP contribution in [0.2, 0.25) is 0 Å². The zero-order chi connectivity index (χ0) is 19.3. The standard InChI is InChI=1S/C24H31N5/c1-2-4-22-21(3-1)24(7-10-26-22)8-13-28(14-9-24)20-15-18-5-6-19(16-20)29(18)23-17-25-11-12-27-23/h1-4,11-12,17-20,26H,5-10,13-16H2. The number of nitrogens with one attached hydrogen (secondary N) is 1. The summed E-state index contributed by atoms with van der Waals surface area (Å²) in [7, 11) is 0. The largest absolute Gasteiger partial charge is 0.385 e. The minimum atomic E-state index is 0.400. The van der Waals surface area contributed by atoms with Gasteiger partial charge in [-0.05, 0) is 69.7 Å². The lowest BCUT2D eigenvalue weighted by Crippen LogP contribution is -2.54. The molecular weight excluding hydrogens is 358 g/mol. The van der Waals surface area contributed by atoms with Crippen LogP contribution in [-0.2, 0) is 5.41 Å². The Kier molecular flexibility index (Phi) is 4.26. The molecule has 0 radical (unpaired) electrons. The fourth-order valence-electron chi connectivity index (χ4n) is 6.75. The van der Waals surface area contributed by atoms with Crippen LogP contribution in [0, 0.1) is 0 Å². The third-order valence-corrected chi connectivity index (χ3v) is 8.21. The number of anilines is 2. The Morgan fingerprint density at radius 1 is 0.931 bits per heavy atom. The van der Waals surface area contributed by atoms with E-state index in [0.29, 0.717) is 17.5 Å². The average Bonchev–Trinajstić information content (AvgIpc) is 3.05. The van der Waals surface area contributed by atoms with Crippen LogP contribution >= 0.6 is 0 Å². The predicted octanol–water partition coefficient (Wildman–Crippen LogP) is 3.83. The lowest BCUT2D eigenvalue weighted by Gasteiger charge is -2.50. The number of piperidine rings is 2. The zero-order valence-electron chi connectivity index (χ0n) is 17.1. The van der Waals surface area contributed by atoms with E-state index < -0.39 is 0 Å². The summed E-state index contributed by atoms with van der Waals surface area (Å²) in [5.74, 6) is 1.09. The highest BCUT2D eigenvalue weighted by Gasteiger charge is 2.46. The second-order valence-corrected chi connectivity index (χ2v) is 9.52. The number of fused-ring (bicyclic) bond motifs is 4. The summed E-state index contributed by atoms with van der Waals surface area (Å²) in [5.41, 5.74) is 3.35. The van der Waals surface area contributed by atoms with Gasteiger partial charge in [0, 0.05) is 48.2 Å². The van der Waals surface area contributed by atoms with Gasteiger partial charge in [-0.1, -0.05) is 18.2 Å². The van der Waals surface area contributed by atoms with Gasteiger partial charge in [-0.3, -0.25) is 4.98 Å². The minimum Gasteiger partial charge on any atom is -0.385 e. The highest BCUT2D eigenvalue weighted by atomic mass is 15.3. The third kappa shape index (κ3) is 2.93. The average molecular weight is 390 g/mol. The first-order chi connectivity index (χ1) is 14.3. The van der Waals surface area contributed by atoms with Gasteiger partial charge >= 0.3 is 0 Å². The summed E-state index contributed by atoms with van der Waals surface area (Å²) in [4.78, 5) is 14.3. The van der Waals surface area contributed by atoms with Crippen LogP contribution in [0.4, 0.5) is 11.5 Å². The molecule has 3 fully saturated rings. The topological polar surface area (TPSA) is 44.3 Å². The molecule has 0 saturated carbocycles. The molecule has 4 aliphatic heterocycles. The van der Waals surface area contributed by atoms with E-state index in [1.165, 1.54) is 63.7 Å². The van der Waals surface area contributed by atoms with Crippen molar-refractivity contribution < 1.29 is 0 Å². The molecule has 3 saturated heterocycles. The highest BCUT2D eigenvalue weighted by molar-refractivity contribution is 5.57. The maximum Gasteiger partial charge on any atom is 0.147 e. The first-order valence-electron chi connectivity index (χ1n) is 11.4. The van der Waals surface area contributed by atoms with Crippen LogP contribution in [0.5, 0.6) is 0 Å². The van der Waals surface area contributed by atoms with Crippen LogP contribution in [0.25, 0.3) is 0 Å². The lowest BCUT2D eigenvalue weighted by atomic mass is 9.68. The number of likely N-dealkylation sites (tertiary alicyclic amines) is 1. The molecule has 1 aromatic carbocycles. The molecule has 2 aromatic rings. The fraction of sp³-hybridized carbons (Fsp3) is 0.583. The molecule has 1 N–H and O–H groups in total. The van der Waals surface area contributed by atoms with Gasteiger partial charge in [0.2, 0.25) is 0 Å². The van der Waals surface area contributed by atoms with Gasteiger partial charge in [0.15, 0.2) is 0 Å². The van der Waals surface area contributed by atoms with Crippen LogP contribution < -0.4 is 10.2 Å². The SMILES string of the molecule is c1ccc2c(c1)NCCC21CCN(C2CC3CCC(C2)N3c2cnccn2)CC1. The van der Waals surface area contributed by atoms with Crippen molar-refractivity contribution in [1.29, 1.82) is 0 Å². The molecule has 1 aromatic heterocycles. The number of hydrogen-bond donors (Lipinski definition) is 1. The number of hydrogen-bond acceptors (Lipinski definition) is 5. The molecule has 2 atom stereocenters. The second kappa shape index (κ2) is 6.98. The van der Waals surface area contributed by atoms with E-state index in [4.69, 9.17) is 0 Å². The maximum atomic E-state index is 4.60. The first kappa shape index (κ1) is 17.7. The van der Waals surface area contributed by atoms with E-state index in [9.17, 15) is 0 Å². The van der Waals surface area contributed by atoms with Crippen molar-refractivity contribution in [2.24, 2.45) is 0 Å². The van der Waals surface area contributed by atoms with Crippen LogP contribution in [-0.4, -0.2) is 52.6 Å². The maximum absolute atomic E-state index is 4.60. The van der Waals surface area contributed by atoms with Gasteiger partial charge < -0.3 is 15.1 Å². The summed E-state index contributed by atoms with van der Waals surface area (Å²) in [6, 6.07) is 11.1. The molecule has 1 spiro atoms. The monoisotopic (exact) mass is 389 g/mol. The fourth-order valence-corrected chi connectivity index (χ4v) is 6.75. The molecule has 2 unspecified atom stereocenters. The van der Waals surface area contributed by atoms with Gasteiger partial charge in [-0.15, -0.1) is 0 Å². The van der Waals surface area contributed by atoms with E-state index in [2.05, 4.69) is 49.4 Å². The Bertz CT molecular complexity index is 847. The van der Waals surface area contributed by atoms with Crippen molar-refractivity contribution in [2.75, 3.05) is 29.9 Å². The minimum absolute atomic E-state index is 0.400. The van der Waals surface area contributed by atoms with E-state index in [1.54, 1.807) is 11.8 Å². The Balaban J connectivity index is 1.15. The Morgan fingerprint density at radius 3 is 2.48 bits per heavy atom. The van der Waals surface area contributed by atoms with Crippen molar-refractivity contribution in [3.63, 3.8) is 0 Å². The number of para-hydroxylation sites is 1. The van der Waals surface area contributed by atoms with Crippen molar-refractivity contribution in [2.45, 2.75) is 68.5 Å². The van der Waals surface area contributed by atoms with Gasteiger partial charge in [0.25, 0.3) is 0 Å². The van der Waals surface area contributed by atoms with Crippen molar-refractivity contribution in [3.8, 4) is 0 Å². The summed E-state index contributed by atoms with van der Waals surface area (Å²) < 4.78 is 0. The van der Waals surface area contributed by atoms with Crippen LogP contribution in [0.15, 0.2) is 42.9 Å². The molecule has 5 heterocycles. The Hall–Kier alpha value is -2.14. The number of rotatable bonds is 2. The molecular formula is C24H31N5. The Morgan fingerprint density at radius 2 is 1.72 bits per heavy atom. The summed E-state index contributed by atoms with van der Waals surface area (Å²) in [6.45, 7) is 3.63. The molecule has 0 amide bonds. The van der Waals surface area contributed by atoms with Crippen molar-refractivity contribution >= 4 is 11.5 Å². The van der Waals surface area contributed by atoms with Gasteiger partial charge in [-0.25, -0.2) is 4.98 Å². The van der Waals surface area contributed by atoms with E-state index in [-0.39, 0.29) is 0 Å². The molecule has 0 aliphatic carbocycles. The quantitative estimate of drug-likeness (QED) is 0.846. The van der Waals surface area contributed by atoms with E-state index >= 15 is 0 Å². The number of benzene rings is 1. The van der Waals surface area contributed by atoms with Crippen molar-refractivity contribution in [1.82, 2.24) is 14.9 Å². The third-order valence-electron chi connectivity index (χ3n) is 8.21. The van der Waals surface area contributed by atoms with Gasteiger partial charge in [0.1, 0.15) is 5.82 Å². The first-order valence-corrected chi connectivity index (χ1v) is 11.4. The second-order valence-electron chi connectivity index (χ2n) is 9.52. The highest BCUT2D eigenvalue weighted by Crippen LogP contribution is 2.46. The molecule has 4 aliphatic rings. The lowest BCUT2D eigenvalue weighted by molar-refractivity contribution is 0.0873. The number of nitrogens with zero attached hydrogens (tertiary/aromatic N) is 4. The summed E-state index contributed by atoms with van der Waals surface area (Å²) >= 11 is 0. The zero-order valence-corrected chi connectivity index (χ0v) is 17.1. The van der Waals surface area contributed by atoms with Crippen LogP contribution in [0.3, 0.4) is 0 Å². The van der Waals surface area contributed by atoms with Crippen LogP contribution in [0.1, 0.15) is 50.5 Å². The molecule has 5 heteroatoms. The smallest absolute Gasteiger partial charge is 0.147 e. The normalized spacial score (nSPS) is 30.8. The summed E-state index contributed by atoms with van der Waals surface area (Å²) in [5, 5.41) is 3.62. The molecule has 152 valence electrons. The van der Waals surface area contributed by atoms with E-state index in [0.717, 1.165) is 18.4 Å². The van der Waals surface area contributed by atoms with Gasteiger partial charge in [0.05, 0.1) is 6.20 Å². The molecule has 2 bridgehead atoms. The van der Waals surface area contributed by atoms with Gasteiger partial charge in [-0.2, -0.15) is 0 Å². The predicted molar refractivity (Wildman–Crippen MR) is 116 cm³/mol. The Labute approximate surface area is 173 Å². The molecule has 6 rings (SSSR count). The summed E-state index contributed by atoms with van der Waals surface area (Å²) in [6.07, 6.45) is 14.7. The van der Waals surface area contributed by atoms with Crippen molar-refractivity contribution in [3.05, 3.63) is 48.4 Å².